The molecule has 1 saturated heterocycles. The normalized spacial score (nSPS) is 18.6. The van der Waals surface area contributed by atoms with Crippen LogP contribution in [0.1, 0.15) is 35.8 Å². The maximum absolute atomic E-state index is 12.3. The fourth-order valence-electron chi connectivity index (χ4n) is 3.60. The van der Waals surface area contributed by atoms with E-state index in [-0.39, 0.29) is 5.91 Å². The third-order valence-corrected chi connectivity index (χ3v) is 6.52. The Labute approximate surface area is 169 Å². The maximum atomic E-state index is 12.3. The van der Waals surface area contributed by atoms with Gasteiger partial charge in [0, 0.05) is 38.6 Å². The van der Waals surface area contributed by atoms with Crippen LogP contribution in [0.2, 0.25) is 0 Å². The van der Waals surface area contributed by atoms with Gasteiger partial charge in [-0.3, -0.25) is 19.9 Å². The van der Waals surface area contributed by atoms with Crippen molar-refractivity contribution in [2.75, 3.05) is 45.2 Å². The smallest absolute Gasteiger partial charge is 0.240 e. The molecule has 8 heteroatoms. The molecule has 0 radical (unpaired) electrons. The number of nitrogens with one attached hydrogen (secondary N) is 1. The number of ether oxygens (including phenoxy) is 1. The van der Waals surface area contributed by atoms with Gasteiger partial charge in [-0.1, -0.05) is 29.9 Å². The molecule has 1 aromatic carbocycles. The second kappa shape index (κ2) is 8.98. The van der Waals surface area contributed by atoms with Crippen molar-refractivity contribution in [2.45, 2.75) is 31.7 Å². The van der Waals surface area contributed by atoms with E-state index in [4.69, 9.17) is 4.74 Å². The standard InChI is InChI=1S/C20H27N5O2S/c1-27-17-7-2-4-15(12-17)13-24-8-10-25(11-9-24)14-18(26)21-20-23-22-19(28-20)16-5-3-6-16/h2,4,7,12,16H,3,5-6,8-11,13-14H2,1H3,(H,21,23,26). The van der Waals surface area contributed by atoms with Crippen LogP contribution in [0.25, 0.3) is 0 Å². The van der Waals surface area contributed by atoms with E-state index in [1.807, 2.05) is 12.1 Å². The molecule has 2 heterocycles. The van der Waals surface area contributed by atoms with Crippen molar-refractivity contribution in [1.29, 1.82) is 0 Å². The van der Waals surface area contributed by atoms with E-state index in [1.54, 1.807) is 7.11 Å². The predicted octanol–water partition coefficient (Wildman–Crippen LogP) is 2.57. The third-order valence-electron chi connectivity index (χ3n) is 5.51. The second-order valence-electron chi connectivity index (χ2n) is 7.53. The van der Waals surface area contributed by atoms with Crippen LogP contribution in [0.5, 0.6) is 5.75 Å². The summed E-state index contributed by atoms with van der Waals surface area (Å²) in [6.07, 6.45) is 3.67. The molecule has 1 saturated carbocycles. The maximum Gasteiger partial charge on any atom is 0.240 e. The molecular weight excluding hydrogens is 374 g/mol. The molecule has 0 unspecified atom stereocenters. The Morgan fingerprint density at radius 3 is 2.71 bits per heavy atom. The minimum Gasteiger partial charge on any atom is -0.497 e. The summed E-state index contributed by atoms with van der Waals surface area (Å²) in [5.41, 5.74) is 1.25. The number of benzene rings is 1. The molecule has 1 N–H and O–H groups in total. The highest BCUT2D eigenvalue weighted by Crippen LogP contribution is 2.38. The van der Waals surface area contributed by atoms with Gasteiger partial charge in [-0.15, -0.1) is 10.2 Å². The van der Waals surface area contributed by atoms with Gasteiger partial charge in [-0.2, -0.15) is 0 Å². The van der Waals surface area contributed by atoms with Gasteiger partial charge < -0.3 is 4.74 Å². The molecule has 1 aromatic heterocycles. The zero-order valence-electron chi connectivity index (χ0n) is 16.3. The number of piperazine rings is 1. The van der Waals surface area contributed by atoms with Gasteiger partial charge in [-0.25, -0.2) is 0 Å². The number of anilines is 1. The second-order valence-corrected chi connectivity index (χ2v) is 8.53. The van der Waals surface area contributed by atoms with Crippen molar-refractivity contribution >= 4 is 22.4 Å². The molecule has 1 amide bonds. The minimum atomic E-state index is -0.00226. The molecule has 1 aliphatic carbocycles. The summed E-state index contributed by atoms with van der Waals surface area (Å²) in [4.78, 5) is 17.0. The number of methoxy groups -OCH3 is 1. The average Bonchev–Trinajstić information content (AvgIpc) is 3.09. The summed E-state index contributed by atoms with van der Waals surface area (Å²) in [7, 11) is 1.69. The first kappa shape index (κ1) is 19.3. The molecule has 4 rings (SSSR count). The van der Waals surface area contributed by atoms with Crippen LogP contribution in [-0.2, 0) is 11.3 Å². The van der Waals surface area contributed by atoms with Crippen molar-refractivity contribution < 1.29 is 9.53 Å². The van der Waals surface area contributed by atoms with Gasteiger partial charge in [0.05, 0.1) is 13.7 Å². The fraction of sp³-hybridized carbons (Fsp3) is 0.550. The number of hydrogen-bond donors (Lipinski definition) is 1. The van der Waals surface area contributed by atoms with Crippen LogP contribution in [0.4, 0.5) is 5.13 Å². The van der Waals surface area contributed by atoms with Crippen LogP contribution < -0.4 is 10.1 Å². The Bertz CT molecular complexity index is 799. The number of amides is 1. The lowest BCUT2D eigenvalue weighted by Crippen LogP contribution is -2.48. The van der Waals surface area contributed by atoms with Crippen LogP contribution >= 0.6 is 11.3 Å². The van der Waals surface area contributed by atoms with Crippen molar-refractivity contribution in [3.63, 3.8) is 0 Å². The van der Waals surface area contributed by atoms with Crippen molar-refractivity contribution in [3.8, 4) is 5.75 Å². The summed E-state index contributed by atoms with van der Waals surface area (Å²) in [5, 5.41) is 13.0. The molecule has 2 fully saturated rings. The van der Waals surface area contributed by atoms with Gasteiger partial charge in [0.25, 0.3) is 0 Å². The predicted molar refractivity (Wildman–Crippen MR) is 110 cm³/mol. The molecular formula is C20H27N5O2S. The average molecular weight is 402 g/mol. The third kappa shape index (κ3) is 4.87. The Morgan fingerprint density at radius 2 is 2.00 bits per heavy atom. The highest BCUT2D eigenvalue weighted by Gasteiger charge is 2.24. The Balaban J connectivity index is 1.20. The lowest BCUT2D eigenvalue weighted by Gasteiger charge is -2.34. The number of aromatic nitrogens is 2. The number of nitrogens with zero attached hydrogens (tertiary/aromatic N) is 4. The fourth-order valence-corrected chi connectivity index (χ4v) is 4.53. The van der Waals surface area contributed by atoms with Gasteiger partial charge in [0.15, 0.2) is 0 Å². The van der Waals surface area contributed by atoms with Gasteiger partial charge in [0.2, 0.25) is 11.0 Å². The van der Waals surface area contributed by atoms with E-state index in [1.165, 1.54) is 36.2 Å². The minimum absolute atomic E-state index is 0.00226. The van der Waals surface area contributed by atoms with E-state index in [0.717, 1.165) is 43.5 Å². The van der Waals surface area contributed by atoms with E-state index in [9.17, 15) is 4.79 Å². The zero-order valence-corrected chi connectivity index (χ0v) is 17.1. The summed E-state index contributed by atoms with van der Waals surface area (Å²) < 4.78 is 5.30. The molecule has 2 aromatic rings. The van der Waals surface area contributed by atoms with Crippen LogP contribution in [0.3, 0.4) is 0 Å². The zero-order chi connectivity index (χ0) is 19.3. The number of rotatable bonds is 7. The molecule has 28 heavy (non-hydrogen) atoms. The topological polar surface area (TPSA) is 70.6 Å². The first-order chi connectivity index (χ1) is 13.7. The highest BCUT2D eigenvalue weighted by atomic mass is 32.1. The number of hydrogen-bond acceptors (Lipinski definition) is 7. The summed E-state index contributed by atoms with van der Waals surface area (Å²) in [6.45, 7) is 5.00. The van der Waals surface area contributed by atoms with E-state index in [0.29, 0.717) is 17.6 Å². The van der Waals surface area contributed by atoms with E-state index < -0.39 is 0 Å². The molecule has 150 valence electrons. The summed E-state index contributed by atoms with van der Waals surface area (Å²) >= 11 is 1.52. The summed E-state index contributed by atoms with van der Waals surface area (Å²) in [6, 6.07) is 8.20. The largest absolute Gasteiger partial charge is 0.497 e. The Hall–Kier alpha value is -2.03. The molecule has 0 bridgehead atoms. The first-order valence-electron chi connectivity index (χ1n) is 9.90. The van der Waals surface area contributed by atoms with E-state index >= 15 is 0 Å². The number of carbonyl (C=O) groups is 1. The molecule has 0 atom stereocenters. The number of carbonyl (C=O) groups excluding carboxylic acids is 1. The van der Waals surface area contributed by atoms with Crippen LogP contribution in [0, 0.1) is 0 Å². The lowest BCUT2D eigenvalue weighted by atomic mass is 9.86. The van der Waals surface area contributed by atoms with Crippen molar-refractivity contribution in [1.82, 2.24) is 20.0 Å². The first-order valence-corrected chi connectivity index (χ1v) is 10.7. The van der Waals surface area contributed by atoms with Crippen LogP contribution in [0.15, 0.2) is 24.3 Å². The van der Waals surface area contributed by atoms with Crippen molar-refractivity contribution in [2.24, 2.45) is 0 Å². The molecule has 7 nitrogen and oxygen atoms in total. The van der Waals surface area contributed by atoms with Gasteiger partial charge in [-0.05, 0) is 30.5 Å². The highest BCUT2D eigenvalue weighted by molar-refractivity contribution is 7.15. The van der Waals surface area contributed by atoms with E-state index in [2.05, 4.69) is 37.4 Å². The molecule has 0 spiro atoms. The SMILES string of the molecule is COc1cccc(CN2CCN(CC(=O)Nc3nnc(C4CCC4)s3)CC2)c1. The summed E-state index contributed by atoms with van der Waals surface area (Å²) in [5.74, 6) is 1.45. The monoisotopic (exact) mass is 401 g/mol. The molecule has 1 aliphatic heterocycles. The Morgan fingerprint density at radius 1 is 1.21 bits per heavy atom. The van der Waals surface area contributed by atoms with Crippen LogP contribution in [-0.4, -0.2) is 65.7 Å². The van der Waals surface area contributed by atoms with Crippen molar-refractivity contribution in [3.05, 3.63) is 34.8 Å². The Kier molecular flexibility index (Phi) is 6.19. The lowest BCUT2D eigenvalue weighted by molar-refractivity contribution is -0.117. The quantitative estimate of drug-likeness (QED) is 0.769. The molecule has 2 aliphatic rings. The van der Waals surface area contributed by atoms with Gasteiger partial charge in [0.1, 0.15) is 10.8 Å². The van der Waals surface area contributed by atoms with Gasteiger partial charge >= 0.3 is 0 Å².